The van der Waals surface area contributed by atoms with Gasteiger partial charge in [0.25, 0.3) is 5.91 Å². The second kappa shape index (κ2) is 7.18. The molecule has 0 radical (unpaired) electrons. The molecule has 2 aliphatic heterocycles. The first-order valence-corrected chi connectivity index (χ1v) is 8.30. The summed E-state index contributed by atoms with van der Waals surface area (Å²) >= 11 is 0. The van der Waals surface area contributed by atoms with E-state index in [-0.39, 0.29) is 18.2 Å². The summed E-state index contributed by atoms with van der Waals surface area (Å²) < 4.78 is 18.9. The lowest BCUT2D eigenvalue weighted by Crippen LogP contribution is -2.54. The summed E-state index contributed by atoms with van der Waals surface area (Å²) in [4.78, 5) is 41.1. The minimum atomic E-state index is -0.614. The van der Waals surface area contributed by atoms with Crippen LogP contribution in [0.15, 0.2) is 24.3 Å². The smallest absolute Gasteiger partial charge is 0.409 e. The van der Waals surface area contributed by atoms with Crippen molar-refractivity contribution in [3.8, 4) is 0 Å². The molecule has 0 saturated carbocycles. The monoisotopic (exact) mass is 349 g/mol. The van der Waals surface area contributed by atoms with Crippen LogP contribution in [-0.4, -0.2) is 66.5 Å². The fourth-order valence-corrected chi connectivity index (χ4v) is 3.22. The van der Waals surface area contributed by atoms with Crippen LogP contribution in [0.5, 0.6) is 0 Å². The molecule has 1 aromatic rings. The van der Waals surface area contributed by atoms with Gasteiger partial charge >= 0.3 is 6.09 Å². The number of ether oxygens (including phenoxy) is 1. The average molecular weight is 349 g/mol. The largest absolute Gasteiger partial charge is 0.450 e. The zero-order valence-electron chi connectivity index (χ0n) is 14.0. The maximum absolute atomic E-state index is 14.0. The molecular weight excluding hydrogens is 329 g/mol. The van der Waals surface area contributed by atoms with E-state index in [0.29, 0.717) is 32.8 Å². The van der Waals surface area contributed by atoms with Crippen molar-refractivity contribution in [1.29, 1.82) is 0 Å². The van der Waals surface area contributed by atoms with Gasteiger partial charge in [0.15, 0.2) is 0 Å². The first kappa shape index (κ1) is 17.3. The average Bonchev–Trinajstić information content (AvgIpc) is 2.90. The number of amides is 3. The van der Waals surface area contributed by atoms with E-state index >= 15 is 0 Å². The van der Waals surface area contributed by atoms with Crippen molar-refractivity contribution in [3.63, 3.8) is 0 Å². The number of anilines is 1. The Morgan fingerprint density at radius 1 is 1.20 bits per heavy atom. The van der Waals surface area contributed by atoms with E-state index in [2.05, 4.69) is 0 Å². The van der Waals surface area contributed by atoms with Crippen LogP contribution in [0.2, 0.25) is 0 Å². The number of carbonyl (C=O) groups is 3. The Kier molecular flexibility index (Phi) is 4.98. The molecule has 25 heavy (non-hydrogen) atoms. The highest BCUT2D eigenvalue weighted by Crippen LogP contribution is 2.28. The molecule has 1 atom stereocenters. The first-order chi connectivity index (χ1) is 12.0. The zero-order chi connectivity index (χ0) is 18.0. The fourth-order valence-electron chi connectivity index (χ4n) is 3.22. The molecule has 0 spiro atoms. The van der Waals surface area contributed by atoms with Crippen molar-refractivity contribution in [2.24, 2.45) is 0 Å². The number of hydrogen-bond donors (Lipinski definition) is 0. The summed E-state index contributed by atoms with van der Waals surface area (Å²) in [5.41, 5.74) is -0.00911. The van der Waals surface area contributed by atoms with E-state index in [1.807, 2.05) is 4.90 Å². The molecule has 0 bridgehead atoms. The maximum Gasteiger partial charge on any atom is 0.409 e. The van der Waals surface area contributed by atoms with Crippen LogP contribution in [0.25, 0.3) is 0 Å². The van der Waals surface area contributed by atoms with E-state index in [0.717, 1.165) is 4.90 Å². The highest BCUT2D eigenvalue weighted by molar-refractivity contribution is 6.22. The third kappa shape index (κ3) is 3.34. The van der Waals surface area contributed by atoms with Gasteiger partial charge in [-0.05, 0) is 19.1 Å². The van der Waals surface area contributed by atoms with E-state index in [9.17, 15) is 18.8 Å². The van der Waals surface area contributed by atoms with Crippen molar-refractivity contribution >= 4 is 23.6 Å². The molecule has 3 amide bonds. The summed E-state index contributed by atoms with van der Waals surface area (Å²) in [6.07, 6.45) is -0.351. The zero-order valence-corrected chi connectivity index (χ0v) is 14.0. The molecular formula is C17H20FN3O4. The molecule has 2 heterocycles. The maximum atomic E-state index is 14.0. The van der Waals surface area contributed by atoms with Crippen LogP contribution >= 0.6 is 0 Å². The van der Waals surface area contributed by atoms with Gasteiger partial charge in [-0.1, -0.05) is 12.1 Å². The normalized spacial score (nSPS) is 21.8. The van der Waals surface area contributed by atoms with Crippen molar-refractivity contribution in [1.82, 2.24) is 9.80 Å². The number of rotatable bonds is 3. The van der Waals surface area contributed by atoms with E-state index < -0.39 is 23.7 Å². The molecule has 134 valence electrons. The number of carbonyl (C=O) groups excluding carboxylic acids is 3. The van der Waals surface area contributed by atoms with Gasteiger partial charge in [-0.15, -0.1) is 0 Å². The van der Waals surface area contributed by atoms with E-state index in [1.165, 1.54) is 18.2 Å². The third-order valence-electron chi connectivity index (χ3n) is 4.50. The van der Waals surface area contributed by atoms with Crippen molar-refractivity contribution in [2.75, 3.05) is 37.7 Å². The lowest BCUT2D eigenvalue weighted by Gasteiger charge is -2.36. The molecule has 2 aliphatic rings. The molecule has 2 saturated heterocycles. The molecule has 0 aliphatic carbocycles. The molecule has 1 aromatic carbocycles. The Hall–Kier alpha value is -2.48. The molecule has 7 nitrogen and oxygen atoms in total. The van der Waals surface area contributed by atoms with Gasteiger partial charge < -0.3 is 9.64 Å². The molecule has 8 heteroatoms. The van der Waals surface area contributed by atoms with Gasteiger partial charge in [-0.2, -0.15) is 0 Å². The van der Waals surface area contributed by atoms with Crippen LogP contribution in [0, 0.1) is 5.82 Å². The molecule has 3 rings (SSSR count). The van der Waals surface area contributed by atoms with Crippen molar-refractivity contribution in [2.45, 2.75) is 19.4 Å². The number of piperazine rings is 1. The second-order valence-electron chi connectivity index (χ2n) is 5.96. The summed E-state index contributed by atoms with van der Waals surface area (Å²) in [5.74, 6) is -1.43. The quantitative estimate of drug-likeness (QED) is 0.768. The van der Waals surface area contributed by atoms with Crippen LogP contribution in [0.3, 0.4) is 0 Å². The SMILES string of the molecule is CCOC(=O)N1CCN(C2CC(=O)N(c3ccccc3F)C2=O)CC1. The number of nitrogens with zero attached hydrogens (tertiary/aromatic N) is 3. The molecule has 0 N–H and O–H groups in total. The van der Waals surface area contributed by atoms with Gasteiger partial charge in [0.05, 0.1) is 24.8 Å². The Balaban J connectivity index is 1.67. The summed E-state index contributed by atoms with van der Waals surface area (Å²) in [7, 11) is 0. The van der Waals surface area contributed by atoms with Crippen LogP contribution in [0.1, 0.15) is 13.3 Å². The lowest BCUT2D eigenvalue weighted by atomic mass is 10.2. The Bertz CT molecular complexity index is 688. The molecule has 2 fully saturated rings. The van der Waals surface area contributed by atoms with Gasteiger partial charge in [0.2, 0.25) is 5.91 Å². The lowest BCUT2D eigenvalue weighted by molar-refractivity contribution is -0.123. The first-order valence-electron chi connectivity index (χ1n) is 8.30. The van der Waals surface area contributed by atoms with Gasteiger partial charge in [-0.25, -0.2) is 14.1 Å². The van der Waals surface area contributed by atoms with Crippen molar-refractivity contribution < 1.29 is 23.5 Å². The van der Waals surface area contributed by atoms with E-state index in [4.69, 9.17) is 4.74 Å². The fraction of sp³-hybridized carbons (Fsp3) is 0.471. The summed E-state index contributed by atoms with van der Waals surface area (Å²) in [5, 5.41) is 0. The van der Waals surface area contributed by atoms with Gasteiger partial charge in [0.1, 0.15) is 5.82 Å². The predicted octanol–water partition coefficient (Wildman–Crippen LogP) is 1.23. The van der Waals surface area contributed by atoms with Gasteiger partial charge in [0, 0.05) is 26.2 Å². The Morgan fingerprint density at radius 2 is 1.88 bits per heavy atom. The highest BCUT2D eigenvalue weighted by atomic mass is 19.1. The second-order valence-corrected chi connectivity index (χ2v) is 5.96. The van der Waals surface area contributed by atoms with E-state index in [1.54, 1.807) is 17.9 Å². The Morgan fingerprint density at radius 3 is 2.52 bits per heavy atom. The topological polar surface area (TPSA) is 70.2 Å². The number of imide groups is 1. The number of hydrogen-bond acceptors (Lipinski definition) is 5. The minimum absolute atomic E-state index is 0.00911. The van der Waals surface area contributed by atoms with Crippen LogP contribution in [-0.2, 0) is 14.3 Å². The van der Waals surface area contributed by atoms with Crippen LogP contribution < -0.4 is 4.90 Å². The minimum Gasteiger partial charge on any atom is -0.450 e. The van der Waals surface area contributed by atoms with Crippen molar-refractivity contribution in [3.05, 3.63) is 30.1 Å². The number of para-hydroxylation sites is 1. The Labute approximate surface area is 144 Å². The summed E-state index contributed by atoms with van der Waals surface area (Å²) in [6, 6.07) is 5.13. The predicted molar refractivity (Wildman–Crippen MR) is 87.5 cm³/mol. The number of benzene rings is 1. The van der Waals surface area contributed by atoms with Crippen LogP contribution in [0.4, 0.5) is 14.9 Å². The number of halogens is 1. The third-order valence-corrected chi connectivity index (χ3v) is 4.50. The summed E-state index contributed by atoms with van der Waals surface area (Å²) in [6.45, 7) is 3.84. The van der Waals surface area contributed by atoms with Gasteiger partial charge in [-0.3, -0.25) is 14.5 Å². The highest BCUT2D eigenvalue weighted by Gasteiger charge is 2.44. The molecule has 1 unspecified atom stereocenters. The standard InChI is InChI=1S/C17H20FN3O4/c1-2-25-17(24)20-9-7-19(8-10-20)14-11-15(22)21(16(14)23)13-6-4-3-5-12(13)18/h3-6,14H,2,7-11H2,1H3. The molecule has 0 aromatic heterocycles.